The SMILES string of the molecule is COCc1cccc(-c2ccc(=O)n(Cc3ccc(Cl)cc3)c2)c1. The van der Waals surface area contributed by atoms with Crippen molar-refractivity contribution in [3.8, 4) is 11.1 Å². The maximum Gasteiger partial charge on any atom is 0.250 e. The zero-order valence-corrected chi connectivity index (χ0v) is 14.2. The maximum absolute atomic E-state index is 12.2. The van der Waals surface area contributed by atoms with Gasteiger partial charge in [0.1, 0.15) is 0 Å². The van der Waals surface area contributed by atoms with Crippen molar-refractivity contribution in [2.24, 2.45) is 0 Å². The van der Waals surface area contributed by atoms with Crippen LogP contribution >= 0.6 is 11.6 Å². The minimum Gasteiger partial charge on any atom is -0.380 e. The van der Waals surface area contributed by atoms with Gasteiger partial charge in [-0.1, -0.05) is 41.9 Å². The summed E-state index contributed by atoms with van der Waals surface area (Å²) in [4.78, 5) is 12.2. The molecule has 1 aromatic heterocycles. The molecule has 24 heavy (non-hydrogen) atoms. The van der Waals surface area contributed by atoms with Gasteiger partial charge in [0.2, 0.25) is 0 Å². The number of rotatable bonds is 5. The van der Waals surface area contributed by atoms with Gasteiger partial charge in [-0.25, -0.2) is 0 Å². The molecule has 0 saturated heterocycles. The molecule has 0 atom stereocenters. The smallest absolute Gasteiger partial charge is 0.250 e. The van der Waals surface area contributed by atoms with Gasteiger partial charge in [-0.15, -0.1) is 0 Å². The summed E-state index contributed by atoms with van der Waals surface area (Å²) in [5, 5.41) is 0.690. The first kappa shape index (κ1) is 16.5. The van der Waals surface area contributed by atoms with Crippen LogP contribution in [0.3, 0.4) is 0 Å². The van der Waals surface area contributed by atoms with Crippen LogP contribution in [0.2, 0.25) is 5.02 Å². The molecule has 0 N–H and O–H groups in total. The van der Waals surface area contributed by atoms with Crippen LogP contribution in [0.15, 0.2) is 71.7 Å². The summed E-state index contributed by atoms with van der Waals surface area (Å²) < 4.78 is 6.89. The van der Waals surface area contributed by atoms with Crippen LogP contribution in [-0.4, -0.2) is 11.7 Å². The third-order valence-electron chi connectivity index (χ3n) is 3.82. The fourth-order valence-corrected chi connectivity index (χ4v) is 2.75. The highest BCUT2D eigenvalue weighted by Crippen LogP contribution is 2.20. The van der Waals surface area contributed by atoms with Crippen LogP contribution in [-0.2, 0) is 17.9 Å². The van der Waals surface area contributed by atoms with Crippen LogP contribution in [0.5, 0.6) is 0 Å². The number of aromatic nitrogens is 1. The van der Waals surface area contributed by atoms with Gasteiger partial charge >= 0.3 is 0 Å². The first-order valence-corrected chi connectivity index (χ1v) is 8.07. The normalized spacial score (nSPS) is 10.8. The van der Waals surface area contributed by atoms with E-state index < -0.39 is 0 Å². The van der Waals surface area contributed by atoms with Crippen LogP contribution in [0.1, 0.15) is 11.1 Å². The summed E-state index contributed by atoms with van der Waals surface area (Å²) in [6.45, 7) is 1.08. The third kappa shape index (κ3) is 3.94. The first-order chi connectivity index (χ1) is 11.7. The van der Waals surface area contributed by atoms with Gasteiger partial charge in [0.05, 0.1) is 13.2 Å². The Labute approximate surface area is 146 Å². The lowest BCUT2D eigenvalue weighted by atomic mass is 10.0. The quantitative estimate of drug-likeness (QED) is 0.691. The van der Waals surface area contributed by atoms with Crippen molar-refractivity contribution < 1.29 is 4.74 Å². The van der Waals surface area contributed by atoms with Gasteiger partial charge in [0.25, 0.3) is 5.56 Å². The summed E-state index contributed by atoms with van der Waals surface area (Å²) in [7, 11) is 1.68. The van der Waals surface area contributed by atoms with E-state index in [0.717, 1.165) is 22.3 Å². The second kappa shape index (κ2) is 7.47. The van der Waals surface area contributed by atoms with Crippen LogP contribution in [0, 0.1) is 0 Å². The molecule has 4 heteroatoms. The monoisotopic (exact) mass is 339 g/mol. The Kier molecular flexibility index (Phi) is 5.14. The molecule has 0 aliphatic carbocycles. The summed E-state index contributed by atoms with van der Waals surface area (Å²) >= 11 is 5.91. The Morgan fingerprint density at radius 1 is 0.958 bits per heavy atom. The Morgan fingerprint density at radius 3 is 2.50 bits per heavy atom. The lowest BCUT2D eigenvalue weighted by molar-refractivity contribution is 0.185. The largest absolute Gasteiger partial charge is 0.380 e. The average molecular weight is 340 g/mol. The van der Waals surface area contributed by atoms with Crippen molar-refractivity contribution in [3.63, 3.8) is 0 Å². The van der Waals surface area contributed by atoms with E-state index in [4.69, 9.17) is 16.3 Å². The molecule has 0 aliphatic heterocycles. The Balaban J connectivity index is 1.92. The Hall–Kier alpha value is -2.36. The fraction of sp³-hybridized carbons (Fsp3) is 0.150. The number of methoxy groups -OCH3 is 1. The summed E-state index contributed by atoms with van der Waals surface area (Å²) in [5.41, 5.74) is 4.18. The van der Waals surface area contributed by atoms with Crippen molar-refractivity contribution in [3.05, 3.63) is 93.4 Å². The molecule has 0 unspecified atom stereocenters. The highest BCUT2D eigenvalue weighted by molar-refractivity contribution is 6.30. The van der Waals surface area contributed by atoms with Gasteiger partial charge in [-0.05, 0) is 46.5 Å². The number of ether oxygens (including phenoxy) is 1. The molecule has 0 amide bonds. The van der Waals surface area contributed by atoms with E-state index in [0.29, 0.717) is 18.2 Å². The van der Waals surface area contributed by atoms with E-state index in [9.17, 15) is 4.79 Å². The number of benzene rings is 2. The molecule has 0 bridgehead atoms. The van der Waals surface area contributed by atoms with Crippen LogP contribution < -0.4 is 5.56 Å². The molecule has 3 nitrogen and oxygen atoms in total. The summed E-state index contributed by atoms with van der Waals surface area (Å²) in [6.07, 6.45) is 1.89. The molecule has 3 rings (SSSR count). The van der Waals surface area contributed by atoms with E-state index in [1.54, 1.807) is 17.7 Å². The second-order valence-corrected chi connectivity index (χ2v) is 6.08. The number of hydrogen-bond donors (Lipinski definition) is 0. The average Bonchev–Trinajstić information content (AvgIpc) is 2.59. The van der Waals surface area contributed by atoms with Crippen molar-refractivity contribution in [1.82, 2.24) is 4.57 Å². The van der Waals surface area contributed by atoms with Gasteiger partial charge in [0.15, 0.2) is 0 Å². The standard InChI is InChI=1S/C20H18ClNO2/c1-24-14-16-3-2-4-17(11-16)18-7-10-20(23)22(13-18)12-15-5-8-19(21)9-6-15/h2-11,13H,12,14H2,1H3. The van der Waals surface area contributed by atoms with E-state index in [-0.39, 0.29) is 5.56 Å². The number of nitrogens with zero attached hydrogens (tertiary/aromatic N) is 1. The molecule has 122 valence electrons. The van der Waals surface area contributed by atoms with Gasteiger partial charge in [-0.2, -0.15) is 0 Å². The Morgan fingerprint density at radius 2 is 1.75 bits per heavy atom. The van der Waals surface area contributed by atoms with Crippen LogP contribution in [0.4, 0.5) is 0 Å². The van der Waals surface area contributed by atoms with Crippen LogP contribution in [0.25, 0.3) is 11.1 Å². The molecular weight excluding hydrogens is 322 g/mol. The lowest BCUT2D eigenvalue weighted by Crippen LogP contribution is -2.19. The predicted molar refractivity (Wildman–Crippen MR) is 97.4 cm³/mol. The van der Waals surface area contributed by atoms with Gasteiger partial charge in [-0.3, -0.25) is 4.79 Å². The van der Waals surface area contributed by atoms with Gasteiger partial charge in [0, 0.05) is 24.4 Å². The van der Waals surface area contributed by atoms with E-state index in [1.165, 1.54) is 0 Å². The molecule has 0 fully saturated rings. The molecule has 0 saturated carbocycles. The van der Waals surface area contributed by atoms with E-state index >= 15 is 0 Å². The molecule has 3 aromatic rings. The van der Waals surface area contributed by atoms with E-state index in [2.05, 4.69) is 6.07 Å². The predicted octanol–water partition coefficient (Wildman–Crippen LogP) is 4.36. The molecule has 1 heterocycles. The summed E-state index contributed by atoms with van der Waals surface area (Å²) in [5.74, 6) is 0. The molecule has 0 spiro atoms. The van der Waals surface area contributed by atoms with E-state index in [1.807, 2.05) is 54.7 Å². The maximum atomic E-state index is 12.2. The highest BCUT2D eigenvalue weighted by atomic mass is 35.5. The molecule has 0 aliphatic rings. The first-order valence-electron chi connectivity index (χ1n) is 7.69. The third-order valence-corrected chi connectivity index (χ3v) is 4.07. The number of hydrogen-bond acceptors (Lipinski definition) is 2. The topological polar surface area (TPSA) is 31.2 Å². The number of pyridine rings is 1. The van der Waals surface area contributed by atoms with Gasteiger partial charge < -0.3 is 9.30 Å². The van der Waals surface area contributed by atoms with Crippen molar-refractivity contribution >= 4 is 11.6 Å². The fourth-order valence-electron chi connectivity index (χ4n) is 2.62. The Bertz CT molecular complexity index is 885. The zero-order chi connectivity index (χ0) is 16.9. The molecule has 2 aromatic carbocycles. The minimum atomic E-state index is -0.0262. The number of halogens is 1. The minimum absolute atomic E-state index is 0.0262. The summed E-state index contributed by atoms with van der Waals surface area (Å²) in [6, 6.07) is 19.1. The lowest BCUT2D eigenvalue weighted by Gasteiger charge is -2.10. The van der Waals surface area contributed by atoms with Crippen molar-refractivity contribution in [1.29, 1.82) is 0 Å². The van der Waals surface area contributed by atoms with Crippen molar-refractivity contribution in [2.45, 2.75) is 13.2 Å². The van der Waals surface area contributed by atoms with Crippen molar-refractivity contribution in [2.75, 3.05) is 7.11 Å². The zero-order valence-electron chi connectivity index (χ0n) is 13.4. The highest BCUT2D eigenvalue weighted by Gasteiger charge is 2.04. The second-order valence-electron chi connectivity index (χ2n) is 5.64. The molecular formula is C20H18ClNO2. The molecule has 0 radical (unpaired) electrons.